The summed E-state index contributed by atoms with van der Waals surface area (Å²) in [5, 5.41) is 3.15. The van der Waals surface area contributed by atoms with E-state index in [0.29, 0.717) is 6.54 Å². The monoisotopic (exact) mass is 184 g/mol. The third kappa shape index (κ3) is 1.84. The molecule has 3 heteroatoms. The van der Waals surface area contributed by atoms with Crippen LogP contribution in [0.4, 0.5) is 0 Å². The van der Waals surface area contributed by atoms with Gasteiger partial charge in [0.15, 0.2) is 0 Å². The van der Waals surface area contributed by atoms with Crippen molar-refractivity contribution in [1.82, 2.24) is 4.98 Å². The minimum Gasteiger partial charge on any atom is -0.325 e. The first-order valence-corrected chi connectivity index (χ1v) is 5.13. The summed E-state index contributed by atoms with van der Waals surface area (Å²) in [7, 11) is 0. The standard InChI is InChI=1S/C9H16N2S/c1-4-9(2,3)7-6-12-8(5-10)11-7/h6H,4-5,10H2,1-3H3. The third-order valence-corrected chi connectivity index (χ3v) is 3.17. The molecule has 0 bridgehead atoms. The molecule has 0 atom stereocenters. The van der Waals surface area contributed by atoms with Crippen LogP contribution in [0.5, 0.6) is 0 Å². The molecule has 0 saturated carbocycles. The summed E-state index contributed by atoms with van der Waals surface area (Å²) in [6.45, 7) is 7.16. The molecule has 0 radical (unpaired) electrons. The number of hydrogen-bond donors (Lipinski definition) is 1. The van der Waals surface area contributed by atoms with Gasteiger partial charge in [0.2, 0.25) is 0 Å². The predicted octanol–water partition coefficient (Wildman–Crippen LogP) is 2.29. The first-order valence-electron chi connectivity index (χ1n) is 4.25. The van der Waals surface area contributed by atoms with E-state index in [0.717, 1.165) is 11.4 Å². The molecule has 68 valence electrons. The normalized spacial score (nSPS) is 12.0. The van der Waals surface area contributed by atoms with Crippen LogP contribution in [0.15, 0.2) is 5.38 Å². The number of thiazole rings is 1. The second-order valence-corrected chi connectivity index (χ2v) is 4.51. The zero-order valence-corrected chi connectivity index (χ0v) is 8.74. The lowest BCUT2D eigenvalue weighted by Gasteiger charge is -2.19. The van der Waals surface area contributed by atoms with Crippen molar-refractivity contribution in [2.24, 2.45) is 5.73 Å². The summed E-state index contributed by atoms with van der Waals surface area (Å²) < 4.78 is 0. The fraction of sp³-hybridized carbons (Fsp3) is 0.667. The van der Waals surface area contributed by atoms with E-state index in [1.165, 1.54) is 5.69 Å². The van der Waals surface area contributed by atoms with Gasteiger partial charge >= 0.3 is 0 Å². The summed E-state index contributed by atoms with van der Waals surface area (Å²) in [5.74, 6) is 0. The van der Waals surface area contributed by atoms with Gasteiger partial charge in [-0.2, -0.15) is 0 Å². The van der Waals surface area contributed by atoms with Crippen LogP contribution in [0.1, 0.15) is 37.9 Å². The first kappa shape index (κ1) is 9.68. The van der Waals surface area contributed by atoms with Gasteiger partial charge in [-0.15, -0.1) is 11.3 Å². The van der Waals surface area contributed by atoms with Crippen molar-refractivity contribution in [2.75, 3.05) is 0 Å². The minimum atomic E-state index is 0.198. The lowest BCUT2D eigenvalue weighted by atomic mass is 9.87. The summed E-state index contributed by atoms with van der Waals surface area (Å²) >= 11 is 1.66. The molecule has 0 aliphatic heterocycles. The highest BCUT2D eigenvalue weighted by Gasteiger charge is 2.20. The van der Waals surface area contributed by atoms with E-state index >= 15 is 0 Å². The van der Waals surface area contributed by atoms with Crippen molar-refractivity contribution in [3.8, 4) is 0 Å². The molecule has 1 heterocycles. The van der Waals surface area contributed by atoms with Crippen molar-refractivity contribution < 1.29 is 0 Å². The molecule has 0 fully saturated rings. The zero-order chi connectivity index (χ0) is 9.19. The second-order valence-electron chi connectivity index (χ2n) is 3.57. The number of rotatable bonds is 3. The van der Waals surface area contributed by atoms with Crippen LogP contribution >= 0.6 is 11.3 Å². The van der Waals surface area contributed by atoms with E-state index in [4.69, 9.17) is 5.73 Å². The fourth-order valence-corrected chi connectivity index (χ4v) is 1.76. The predicted molar refractivity (Wildman–Crippen MR) is 53.3 cm³/mol. The lowest BCUT2D eigenvalue weighted by Crippen LogP contribution is -2.16. The Hall–Kier alpha value is -0.410. The molecule has 1 aromatic rings. The Kier molecular flexibility index (Phi) is 2.85. The second kappa shape index (κ2) is 3.54. The van der Waals surface area contributed by atoms with Crippen LogP contribution in [0.3, 0.4) is 0 Å². The Labute approximate surface area is 77.8 Å². The smallest absolute Gasteiger partial charge is 0.106 e. The highest BCUT2D eigenvalue weighted by atomic mass is 32.1. The number of nitrogens with zero attached hydrogens (tertiary/aromatic N) is 1. The van der Waals surface area contributed by atoms with Crippen LogP contribution in [0, 0.1) is 0 Å². The number of aromatic nitrogens is 1. The summed E-state index contributed by atoms with van der Waals surface area (Å²) in [4.78, 5) is 4.46. The van der Waals surface area contributed by atoms with Crippen LogP contribution in [-0.2, 0) is 12.0 Å². The Morgan fingerprint density at radius 1 is 1.58 bits per heavy atom. The topological polar surface area (TPSA) is 38.9 Å². The fourth-order valence-electron chi connectivity index (χ4n) is 0.897. The van der Waals surface area contributed by atoms with E-state index in [9.17, 15) is 0 Å². The Morgan fingerprint density at radius 3 is 2.67 bits per heavy atom. The van der Waals surface area contributed by atoms with Crippen molar-refractivity contribution in [2.45, 2.75) is 39.2 Å². The summed E-state index contributed by atoms with van der Waals surface area (Å²) in [6, 6.07) is 0. The molecule has 0 aliphatic carbocycles. The average molecular weight is 184 g/mol. The first-order chi connectivity index (χ1) is 5.60. The van der Waals surface area contributed by atoms with E-state index in [1.807, 2.05) is 0 Å². The maximum absolute atomic E-state index is 5.50. The van der Waals surface area contributed by atoms with Crippen molar-refractivity contribution in [1.29, 1.82) is 0 Å². The molecule has 0 unspecified atom stereocenters. The molecule has 0 saturated heterocycles. The average Bonchev–Trinajstić information content (AvgIpc) is 2.52. The van der Waals surface area contributed by atoms with Crippen molar-refractivity contribution >= 4 is 11.3 Å². The Morgan fingerprint density at radius 2 is 2.25 bits per heavy atom. The van der Waals surface area contributed by atoms with E-state index < -0.39 is 0 Å². The van der Waals surface area contributed by atoms with E-state index in [1.54, 1.807) is 11.3 Å². The molecule has 12 heavy (non-hydrogen) atoms. The lowest BCUT2D eigenvalue weighted by molar-refractivity contribution is 0.492. The van der Waals surface area contributed by atoms with Gasteiger partial charge in [0.1, 0.15) is 5.01 Å². The van der Waals surface area contributed by atoms with Gasteiger partial charge < -0.3 is 5.73 Å². The number of hydrogen-bond acceptors (Lipinski definition) is 3. The van der Waals surface area contributed by atoms with Gasteiger partial charge in [-0.05, 0) is 6.42 Å². The van der Waals surface area contributed by atoms with Crippen LogP contribution in [0.25, 0.3) is 0 Å². The summed E-state index contributed by atoms with van der Waals surface area (Å²) in [5.41, 5.74) is 6.87. The molecular weight excluding hydrogens is 168 g/mol. The van der Waals surface area contributed by atoms with Gasteiger partial charge in [-0.1, -0.05) is 20.8 Å². The molecular formula is C9H16N2S. The zero-order valence-electron chi connectivity index (χ0n) is 7.92. The minimum absolute atomic E-state index is 0.198. The van der Waals surface area contributed by atoms with Gasteiger partial charge in [0.25, 0.3) is 0 Å². The molecule has 0 aromatic carbocycles. The maximum Gasteiger partial charge on any atom is 0.106 e. The molecule has 2 N–H and O–H groups in total. The molecule has 2 nitrogen and oxygen atoms in total. The van der Waals surface area contributed by atoms with Crippen molar-refractivity contribution in [3.63, 3.8) is 0 Å². The quantitative estimate of drug-likeness (QED) is 0.782. The third-order valence-electron chi connectivity index (χ3n) is 2.30. The van der Waals surface area contributed by atoms with Gasteiger partial charge in [0, 0.05) is 17.3 Å². The molecule has 0 amide bonds. The molecule has 0 aliphatic rings. The summed E-state index contributed by atoms with van der Waals surface area (Å²) in [6.07, 6.45) is 1.11. The van der Waals surface area contributed by atoms with E-state index in [2.05, 4.69) is 31.1 Å². The number of nitrogens with two attached hydrogens (primary N) is 1. The van der Waals surface area contributed by atoms with Crippen LogP contribution in [-0.4, -0.2) is 4.98 Å². The van der Waals surface area contributed by atoms with Crippen molar-refractivity contribution in [3.05, 3.63) is 16.1 Å². The van der Waals surface area contributed by atoms with Crippen LogP contribution < -0.4 is 5.73 Å². The highest BCUT2D eigenvalue weighted by molar-refractivity contribution is 7.09. The van der Waals surface area contributed by atoms with Gasteiger partial charge in [0.05, 0.1) is 5.69 Å². The maximum atomic E-state index is 5.50. The Balaban J connectivity index is 2.88. The highest BCUT2D eigenvalue weighted by Crippen LogP contribution is 2.27. The largest absolute Gasteiger partial charge is 0.325 e. The SMILES string of the molecule is CCC(C)(C)c1csc(CN)n1. The molecule has 1 rings (SSSR count). The van der Waals surface area contributed by atoms with Gasteiger partial charge in [-0.3, -0.25) is 0 Å². The Bertz CT molecular complexity index is 253. The van der Waals surface area contributed by atoms with Gasteiger partial charge in [-0.25, -0.2) is 4.98 Å². The van der Waals surface area contributed by atoms with E-state index in [-0.39, 0.29) is 5.41 Å². The molecule has 0 spiro atoms. The van der Waals surface area contributed by atoms with Crippen LogP contribution in [0.2, 0.25) is 0 Å². The molecule has 1 aromatic heterocycles.